The van der Waals surface area contributed by atoms with Crippen molar-refractivity contribution < 1.29 is 31.8 Å². The molecule has 35 heavy (non-hydrogen) atoms. The Bertz CT molecular complexity index is 1140. The van der Waals surface area contributed by atoms with Crippen molar-refractivity contribution >= 4 is 23.0 Å². The Balaban J connectivity index is 0.000000624. The fourth-order valence-electron chi connectivity index (χ4n) is 2.49. The summed E-state index contributed by atoms with van der Waals surface area (Å²) >= 11 is 0. The van der Waals surface area contributed by atoms with E-state index < -0.39 is 0 Å². The predicted octanol–water partition coefficient (Wildman–Crippen LogP) is 4.28. The first kappa shape index (κ1) is 30.8. The number of hydrogen-bond acceptors (Lipinski definition) is 5. The van der Waals surface area contributed by atoms with Crippen LogP contribution in [0.4, 0.5) is 0 Å². The molecular formula is C26H24CoN5O3. The molecule has 0 saturated carbocycles. The first-order valence-electron chi connectivity index (χ1n) is 10.2. The largest absolute Gasteiger partial charge is 3.00 e. The monoisotopic (exact) mass is 513 g/mol. The van der Waals surface area contributed by atoms with Gasteiger partial charge < -0.3 is 21.3 Å². The fourth-order valence-corrected chi connectivity index (χ4v) is 2.49. The summed E-state index contributed by atoms with van der Waals surface area (Å²) in [5, 5.41) is 23.1. The first-order valence-corrected chi connectivity index (χ1v) is 10.2. The van der Waals surface area contributed by atoms with Crippen molar-refractivity contribution in [2.45, 2.75) is 20.4 Å². The van der Waals surface area contributed by atoms with Crippen molar-refractivity contribution in [1.82, 2.24) is 4.98 Å². The Morgan fingerprint density at radius 1 is 0.857 bits per heavy atom. The minimum absolute atomic E-state index is 0. The molecule has 0 saturated heterocycles. The van der Waals surface area contributed by atoms with Crippen LogP contribution in [0.2, 0.25) is 0 Å². The van der Waals surface area contributed by atoms with Crippen molar-refractivity contribution in [3.63, 3.8) is 0 Å². The molecule has 0 unspecified atom stereocenters. The summed E-state index contributed by atoms with van der Waals surface area (Å²) in [5.74, 6) is -0.477. The molecule has 3 rings (SSSR count). The number of ketones is 1. The Morgan fingerprint density at radius 2 is 1.31 bits per heavy atom. The topological polar surface area (TPSA) is 147 Å². The van der Waals surface area contributed by atoms with Crippen molar-refractivity contribution in [2.24, 2.45) is 4.99 Å². The molecule has 3 aromatic rings. The maximum atomic E-state index is 11.9. The molecule has 1 heterocycles. The van der Waals surface area contributed by atoms with Crippen LogP contribution in [-0.2, 0) is 28.1 Å². The van der Waals surface area contributed by atoms with Gasteiger partial charge >= 0.3 is 16.8 Å². The van der Waals surface area contributed by atoms with Gasteiger partial charge in [-0.05, 0) is 49.3 Å². The summed E-state index contributed by atoms with van der Waals surface area (Å²) in [4.78, 5) is 20.6. The van der Waals surface area contributed by atoms with Crippen molar-refractivity contribution in [1.29, 1.82) is 0 Å². The van der Waals surface area contributed by atoms with Crippen molar-refractivity contribution in [3.05, 3.63) is 130 Å². The Morgan fingerprint density at radius 3 is 1.74 bits per heavy atom. The molecule has 0 spiro atoms. The fraction of sp³-hybridized carbons (Fsp3) is 0.115. The van der Waals surface area contributed by atoms with Crippen LogP contribution in [0.1, 0.15) is 30.7 Å². The normalized spacial score (nSPS) is 10.9. The van der Waals surface area contributed by atoms with Crippen LogP contribution in [0.3, 0.4) is 0 Å². The minimum Gasteiger partial charge on any atom is -0.872 e. The average Bonchev–Trinajstić information content (AvgIpc) is 2.85. The number of rotatable bonds is 6. The summed E-state index contributed by atoms with van der Waals surface area (Å²) in [7, 11) is 0. The van der Waals surface area contributed by atoms with Gasteiger partial charge in [0.2, 0.25) is 0 Å². The maximum Gasteiger partial charge on any atom is 3.00 e. The molecule has 9 heteroatoms. The molecule has 0 aliphatic heterocycles. The molecule has 0 amide bonds. The molecule has 0 aliphatic rings. The van der Waals surface area contributed by atoms with Gasteiger partial charge in [-0.1, -0.05) is 78.2 Å². The number of aliphatic imine (C=N–C) groups is 1. The van der Waals surface area contributed by atoms with Gasteiger partial charge in [0.1, 0.15) is 0 Å². The van der Waals surface area contributed by atoms with E-state index in [0.717, 1.165) is 11.8 Å². The Hall–Kier alpha value is -4.17. The van der Waals surface area contributed by atoms with E-state index in [4.69, 9.17) is 11.1 Å². The third-order valence-corrected chi connectivity index (χ3v) is 4.01. The molecule has 1 aromatic heterocycles. The molecule has 0 bridgehead atoms. The van der Waals surface area contributed by atoms with E-state index in [1.165, 1.54) is 11.8 Å². The second kappa shape index (κ2) is 18.3. The molecule has 0 fully saturated rings. The van der Waals surface area contributed by atoms with Crippen LogP contribution >= 0.6 is 0 Å². The number of pyridine rings is 1. The van der Waals surface area contributed by atoms with E-state index in [-0.39, 0.29) is 34.1 Å². The quantitative estimate of drug-likeness (QED) is 0.121. The second-order valence-corrected chi connectivity index (χ2v) is 6.73. The average molecular weight is 513 g/mol. The molecule has 0 radical (unpaired) electrons. The van der Waals surface area contributed by atoms with Gasteiger partial charge in [-0.25, -0.2) is 0 Å². The zero-order valence-electron chi connectivity index (χ0n) is 19.2. The molecule has 0 aliphatic carbocycles. The Kier molecular flexibility index (Phi) is 16.1. The number of hydrogen-bond donors (Lipinski definition) is 0. The first-order chi connectivity index (χ1) is 16.4. The van der Waals surface area contributed by atoms with Crippen LogP contribution < -0.4 is 10.2 Å². The van der Waals surface area contributed by atoms with Gasteiger partial charge in [-0.15, -0.1) is 0 Å². The summed E-state index contributed by atoms with van der Waals surface area (Å²) in [6, 6.07) is 23.6. The van der Waals surface area contributed by atoms with Crippen LogP contribution in [-0.4, -0.2) is 16.5 Å². The molecule has 2 aromatic carbocycles. The van der Waals surface area contributed by atoms with E-state index in [0.29, 0.717) is 23.4 Å². The van der Waals surface area contributed by atoms with Crippen LogP contribution in [0.5, 0.6) is 0 Å². The molecule has 0 N–H and O–H groups in total. The van der Waals surface area contributed by atoms with Crippen molar-refractivity contribution in [2.75, 3.05) is 0 Å². The van der Waals surface area contributed by atoms with E-state index in [1.54, 1.807) is 48.7 Å². The number of allylic oxidation sites excluding steroid dienone is 2. The van der Waals surface area contributed by atoms with Crippen LogP contribution in [0, 0.1) is 0 Å². The summed E-state index contributed by atoms with van der Waals surface area (Å²) in [5.41, 5.74) is 16.3. The molecule has 0 atom stereocenters. The zero-order valence-corrected chi connectivity index (χ0v) is 20.3. The van der Waals surface area contributed by atoms with Gasteiger partial charge in [-0.3, -0.25) is 19.7 Å². The number of carbonyl (C=O) groups excluding carboxylic acids is 1. The van der Waals surface area contributed by atoms with Crippen LogP contribution in [0.15, 0.2) is 102 Å². The summed E-state index contributed by atoms with van der Waals surface area (Å²) < 4.78 is 0. The number of benzene rings is 2. The third kappa shape index (κ3) is 13.9. The maximum absolute atomic E-state index is 11.9. The molecule has 8 nitrogen and oxygen atoms in total. The van der Waals surface area contributed by atoms with Crippen LogP contribution in [0.25, 0.3) is 27.5 Å². The second-order valence-electron chi connectivity index (χ2n) is 6.73. The number of carbonyl (C=O) groups is 1. The van der Waals surface area contributed by atoms with E-state index in [2.05, 4.69) is 9.98 Å². The van der Waals surface area contributed by atoms with Crippen molar-refractivity contribution in [3.8, 4) is 0 Å². The standard InChI is InChI=1S/C16H16N2O.C10H10O2.Co.N3/c1-13(18-12-15-9-5-6-10-17-15)11-16(19)14-7-3-2-4-8-14;1-8(11)7-10(12)9-5-3-2-4-6-9;;1-3-2/h2-11,19H,12H2,1H3;2-7,12H,1H3;;/q;;+3;-1/p-2/b16-11-,18-13?;10-7-;;. The smallest absolute Gasteiger partial charge is 0.872 e. The van der Waals surface area contributed by atoms with E-state index >= 15 is 0 Å². The predicted molar refractivity (Wildman–Crippen MR) is 131 cm³/mol. The van der Waals surface area contributed by atoms with Gasteiger partial charge in [0, 0.05) is 11.9 Å². The Labute approximate surface area is 215 Å². The SMILES string of the molecule is CC(/C=C(\[O-])c1ccccc1)=NCc1ccccn1.CC(=O)/C=C(\[O-])c1ccccc1.[Co+3].[N-]=[N+]=[N-]. The number of aromatic nitrogens is 1. The third-order valence-electron chi connectivity index (χ3n) is 4.01. The minimum atomic E-state index is -0.233. The molecular weight excluding hydrogens is 489 g/mol. The molecule has 180 valence electrons. The van der Waals surface area contributed by atoms with E-state index in [9.17, 15) is 15.0 Å². The zero-order chi connectivity index (χ0) is 25.2. The van der Waals surface area contributed by atoms with Gasteiger partial charge in [0.05, 0.1) is 12.2 Å². The van der Waals surface area contributed by atoms with Gasteiger partial charge in [0.25, 0.3) is 0 Å². The van der Waals surface area contributed by atoms with E-state index in [1.807, 2.05) is 49.4 Å². The summed E-state index contributed by atoms with van der Waals surface area (Å²) in [6.07, 6.45) is 4.38. The van der Waals surface area contributed by atoms with Gasteiger partial charge in [0.15, 0.2) is 5.78 Å². The summed E-state index contributed by atoms with van der Waals surface area (Å²) in [6.45, 7) is 3.68. The number of nitrogens with zero attached hydrogens (tertiary/aromatic N) is 5. The van der Waals surface area contributed by atoms with Gasteiger partial charge in [-0.2, -0.15) is 0 Å².